The molecule has 0 spiro atoms. The Labute approximate surface area is 127 Å². The first-order chi connectivity index (χ1) is 10.1. The summed E-state index contributed by atoms with van der Waals surface area (Å²) in [5, 5.41) is 4.40. The molecule has 1 aliphatic rings. The van der Waals surface area contributed by atoms with Crippen molar-refractivity contribution >= 4 is 5.91 Å². The van der Waals surface area contributed by atoms with E-state index < -0.39 is 0 Å². The normalized spacial score (nSPS) is 22.3. The van der Waals surface area contributed by atoms with E-state index in [1.807, 2.05) is 24.8 Å². The molecule has 5 nitrogen and oxygen atoms in total. The molecule has 2 atom stereocenters. The van der Waals surface area contributed by atoms with Crippen LogP contribution in [0.4, 0.5) is 0 Å². The summed E-state index contributed by atoms with van der Waals surface area (Å²) < 4.78 is 1.81. The van der Waals surface area contributed by atoms with Crippen molar-refractivity contribution in [3.63, 3.8) is 0 Å². The average Bonchev–Trinajstić information content (AvgIpc) is 2.78. The van der Waals surface area contributed by atoms with Gasteiger partial charge in [-0.25, -0.2) is 0 Å². The van der Waals surface area contributed by atoms with Gasteiger partial charge in [-0.2, -0.15) is 5.10 Å². The van der Waals surface area contributed by atoms with Crippen LogP contribution in [-0.4, -0.2) is 39.7 Å². The smallest absolute Gasteiger partial charge is 0.244 e. The standard InChI is InChI=1S/C16H28N4O/c1-4-19(15-8-6-5-7-14(15)10-17)16(21)11-20-13(3)9-12(2)18-20/h9,14-15H,4-8,10-11,17H2,1-3H3. The zero-order chi connectivity index (χ0) is 15.4. The minimum atomic E-state index is 0.161. The van der Waals surface area contributed by atoms with Crippen molar-refractivity contribution in [3.05, 3.63) is 17.5 Å². The molecule has 1 saturated carbocycles. The van der Waals surface area contributed by atoms with Crippen molar-refractivity contribution < 1.29 is 4.79 Å². The average molecular weight is 292 g/mol. The Hall–Kier alpha value is -1.36. The molecule has 2 rings (SSSR count). The summed E-state index contributed by atoms with van der Waals surface area (Å²) >= 11 is 0. The van der Waals surface area contributed by atoms with Crippen LogP contribution < -0.4 is 5.73 Å². The lowest BCUT2D eigenvalue weighted by molar-refractivity contribution is -0.136. The predicted molar refractivity (Wildman–Crippen MR) is 83.9 cm³/mol. The summed E-state index contributed by atoms with van der Waals surface area (Å²) in [7, 11) is 0. The number of likely N-dealkylation sites (N-methyl/N-ethyl adjacent to an activating group) is 1. The van der Waals surface area contributed by atoms with Gasteiger partial charge in [0.15, 0.2) is 0 Å². The van der Waals surface area contributed by atoms with Gasteiger partial charge in [0, 0.05) is 18.3 Å². The zero-order valence-corrected chi connectivity index (χ0v) is 13.5. The summed E-state index contributed by atoms with van der Waals surface area (Å²) in [5.74, 6) is 0.608. The first-order valence-corrected chi connectivity index (χ1v) is 8.07. The summed E-state index contributed by atoms with van der Waals surface area (Å²) in [6.45, 7) is 7.76. The number of carbonyl (C=O) groups is 1. The van der Waals surface area contributed by atoms with Crippen molar-refractivity contribution in [3.8, 4) is 0 Å². The van der Waals surface area contributed by atoms with Gasteiger partial charge in [-0.1, -0.05) is 12.8 Å². The second-order valence-corrected chi connectivity index (χ2v) is 6.11. The van der Waals surface area contributed by atoms with Crippen LogP contribution in [0.2, 0.25) is 0 Å². The van der Waals surface area contributed by atoms with E-state index in [1.165, 1.54) is 12.8 Å². The topological polar surface area (TPSA) is 64.2 Å². The van der Waals surface area contributed by atoms with E-state index in [-0.39, 0.29) is 5.91 Å². The highest BCUT2D eigenvalue weighted by atomic mass is 16.2. The molecule has 0 saturated heterocycles. The monoisotopic (exact) mass is 292 g/mol. The second kappa shape index (κ2) is 7.07. The quantitative estimate of drug-likeness (QED) is 0.901. The van der Waals surface area contributed by atoms with Gasteiger partial charge in [0.05, 0.1) is 5.69 Å². The molecular formula is C16H28N4O. The Kier molecular flexibility index (Phi) is 5.39. The zero-order valence-electron chi connectivity index (χ0n) is 13.5. The summed E-state index contributed by atoms with van der Waals surface area (Å²) in [6.07, 6.45) is 4.66. The molecule has 1 amide bonds. The van der Waals surface area contributed by atoms with Crippen LogP contribution in [0.1, 0.15) is 44.0 Å². The number of hydrogen-bond donors (Lipinski definition) is 1. The molecular weight excluding hydrogens is 264 g/mol. The number of nitrogens with zero attached hydrogens (tertiary/aromatic N) is 3. The fourth-order valence-corrected chi connectivity index (χ4v) is 3.52. The first-order valence-electron chi connectivity index (χ1n) is 8.07. The largest absolute Gasteiger partial charge is 0.338 e. The maximum absolute atomic E-state index is 12.7. The number of amides is 1. The maximum atomic E-state index is 12.7. The number of nitrogens with two attached hydrogens (primary N) is 1. The molecule has 1 heterocycles. The fourth-order valence-electron chi connectivity index (χ4n) is 3.52. The second-order valence-electron chi connectivity index (χ2n) is 6.11. The van der Waals surface area contributed by atoms with E-state index in [2.05, 4.69) is 12.0 Å². The highest BCUT2D eigenvalue weighted by Crippen LogP contribution is 2.28. The van der Waals surface area contributed by atoms with Gasteiger partial charge in [-0.05, 0) is 52.1 Å². The van der Waals surface area contributed by atoms with E-state index in [0.717, 1.165) is 30.8 Å². The number of aryl methyl sites for hydroxylation is 2. The maximum Gasteiger partial charge on any atom is 0.244 e. The Morgan fingerprint density at radius 2 is 2.14 bits per heavy atom. The van der Waals surface area contributed by atoms with Crippen molar-refractivity contribution in [1.29, 1.82) is 0 Å². The highest BCUT2D eigenvalue weighted by Gasteiger charge is 2.31. The Balaban J connectivity index is 2.08. The van der Waals surface area contributed by atoms with Gasteiger partial charge in [0.1, 0.15) is 6.54 Å². The van der Waals surface area contributed by atoms with Crippen molar-refractivity contribution in [2.24, 2.45) is 11.7 Å². The minimum Gasteiger partial charge on any atom is -0.338 e. The molecule has 0 radical (unpaired) electrons. The van der Waals surface area contributed by atoms with Crippen LogP contribution in [0, 0.1) is 19.8 Å². The van der Waals surface area contributed by atoms with Crippen LogP contribution in [0.15, 0.2) is 6.07 Å². The molecule has 2 N–H and O–H groups in total. The SMILES string of the molecule is CCN(C(=O)Cn1nc(C)cc1C)C1CCCCC1CN. The Morgan fingerprint density at radius 1 is 1.43 bits per heavy atom. The lowest BCUT2D eigenvalue weighted by Gasteiger charge is -2.39. The van der Waals surface area contributed by atoms with Gasteiger partial charge in [-0.15, -0.1) is 0 Å². The van der Waals surface area contributed by atoms with E-state index in [9.17, 15) is 4.79 Å². The van der Waals surface area contributed by atoms with Crippen LogP contribution >= 0.6 is 0 Å². The molecule has 2 unspecified atom stereocenters. The van der Waals surface area contributed by atoms with Gasteiger partial charge in [0.2, 0.25) is 5.91 Å². The summed E-state index contributed by atoms with van der Waals surface area (Å²) in [5.41, 5.74) is 7.91. The van der Waals surface area contributed by atoms with Gasteiger partial charge in [0.25, 0.3) is 0 Å². The first kappa shape index (κ1) is 16.0. The van der Waals surface area contributed by atoms with Crippen LogP contribution in [0.25, 0.3) is 0 Å². The van der Waals surface area contributed by atoms with Gasteiger partial charge < -0.3 is 10.6 Å². The van der Waals surface area contributed by atoms with Crippen molar-refractivity contribution in [2.75, 3.05) is 13.1 Å². The summed E-state index contributed by atoms with van der Waals surface area (Å²) in [6, 6.07) is 2.31. The lowest BCUT2D eigenvalue weighted by Crippen LogP contribution is -2.49. The number of rotatable bonds is 5. The van der Waals surface area contributed by atoms with E-state index in [1.54, 1.807) is 4.68 Å². The highest BCUT2D eigenvalue weighted by molar-refractivity contribution is 5.76. The van der Waals surface area contributed by atoms with Crippen molar-refractivity contribution in [1.82, 2.24) is 14.7 Å². The molecule has 118 valence electrons. The molecule has 1 aliphatic carbocycles. The third kappa shape index (κ3) is 3.64. The van der Waals surface area contributed by atoms with Gasteiger partial charge >= 0.3 is 0 Å². The number of hydrogen-bond acceptors (Lipinski definition) is 3. The van der Waals surface area contributed by atoms with E-state index in [0.29, 0.717) is 25.0 Å². The van der Waals surface area contributed by atoms with Crippen molar-refractivity contribution in [2.45, 2.75) is 59.0 Å². The number of aromatic nitrogens is 2. The molecule has 0 aliphatic heterocycles. The molecule has 1 aromatic heterocycles. The van der Waals surface area contributed by atoms with Crippen LogP contribution in [-0.2, 0) is 11.3 Å². The van der Waals surface area contributed by atoms with Gasteiger partial charge in [-0.3, -0.25) is 9.48 Å². The molecule has 1 aromatic rings. The van der Waals surface area contributed by atoms with Crippen LogP contribution in [0.3, 0.4) is 0 Å². The lowest BCUT2D eigenvalue weighted by atomic mass is 9.83. The summed E-state index contributed by atoms with van der Waals surface area (Å²) in [4.78, 5) is 14.7. The van der Waals surface area contributed by atoms with E-state index >= 15 is 0 Å². The fraction of sp³-hybridized carbons (Fsp3) is 0.750. The molecule has 0 aromatic carbocycles. The van der Waals surface area contributed by atoms with E-state index in [4.69, 9.17) is 5.73 Å². The minimum absolute atomic E-state index is 0.161. The molecule has 21 heavy (non-hydrogen) atoms. The molecule has 0 bridgehead atoms. The predicted octanol–water partition coefficient (Wildman–Crippen LogP) is 1.87. The Bertz CT molecular complexity index is 483. The third-order valence-electron chi connectivity index (χ3n) is 4.62. The Morgan fingerprint density at radius 3 is 2.71 bits per heavy atom. The number of carbonyl (C=O) groups excluding carboxylic acids is 1. The molecule has 5 heteroatoms. The third-order valence-corrected chi connectivity index (χ3v) is 4.62. The van der Waals surface area contributed by atoms with Crippen LogP contribution in [0.5, 0.6) is 0 Å². The molecule has 1 fully saturated rings.